The number of carbonyl (C=O) groups is 2. The first-order valence-electron chi connectivity index (χ1n) is 7.06. The van der Waals surface area contributed by atoms with Crippen LogP contribution in [-0.2, 0) is 4.79 Å². The molecule has 0 radical (unpaired) electrons. The molecule has 6 nitrogen and oxygen atoms in total. The van der Waals surface area contributed by atoms with E-state index in [1.165, 1.54) is 0 Å². The van der Waals surface area contributed by atoms with Crippen LogP contribution in [0, 0.1) is 5.92 Å². The van der Waals surface area contributed by atoms with Gasteiger partial charge in [0.05, 0.1) is 0 Å². The molecule has 0 aliphatic rings. The molecule has 0 bridgehead atoms. The minimum atomic E-state index is -0.770. The number of amides is 2. The van der Waals surface area contributed by atoms with E-state index in [1.54, 1.807) is 0 Å². The van der Waals surface area contributed by atoms with E-state index in [2.05, 4.69) is 29.4 Å². The lowest BCUT2D eigenvalue weighted by molar-refractivity contribution is -0.137. The van der Waals surface area contributed by atoms with Gasteiger partial charge in [0.25, 0.3) is 0 Å². The van der Waals surface area contributed by atoms with Crippen molar-refractivity contribution >= 4 is 12.0 Å². The molecule has 6 heteroatoms. The van der Waals surface area contributed by atoms with Crippen LogP contribution < -0.4 is 10.6 Å². The Hall–Kier alpha value is -1.30. The lowest BCUT2D eigenvalue weighted by atomic mass is 10.0. The van der Waals surface area contributed by atoms with Gasteiger partial charge in [-0.25, -0.2) is 4.79 Å². The highest BCUT2D eigenvalue weighted by atomic mass is 16.4. The second kappa shape index (κ2) is 8.79. The Morgan fingerprint density at radius 2 is 1.80 bits per heavy atom. The van der Waals surface area contributed by atoms with Gasteiger partial charge >= 0.3 is 12.0 Å². The Morgan fingerprint density at radius 1 is 1.20 bits per heavy atom. The summed E-state index contributed by atoms with van der Waals surface area (Å²) in [5.74, 6) is -0.474. The molecule has 0 rings (SSSR count). The first kappa shape index (κ1) is 18.7. The molecular weight excluding hydrogens is 258 g/mol. The third-order valence-corrected chi connectivity index (χ3v) is 3.67. The molecule has 118 valence electrons. The number of likely N-dealkylation sites (N-methyl/N-ethyl adjacent to an activating group) is 1. The zero-order valence-corrected chi connectivity index (χ0v) is 13.3. The number of carboxylic acids is 1. The summed E-state index contributed by atoms with van der Waals surface area (Å²) in [4.78, 5) is 24.1. The van der Waals surface area contributed by atoms with Crippen molar-refractivity contribution in [2.24, 2.45) is 5.92 Å². The number of nitrogens with one attached hydrogen (secondary N) is 2. The Morgan fingerprint density at radius 3 is 2.30 bits per heavy atom. The molecule has 0 saturated heterocycles. The average molecular weight is 287 g/mol. The van der Waals surface area contributed by atoms with Crippen LogP contribution in [-0.4, -0.2) is 54.7 Å². The van der Waals surface area contributed by atoms with Gasteiger partial charge in [0.15, 0.2) is 0 Å². The molecule has 0 aromatic heterocycles. The molecule has 1 unspecified atom stereocenters. The topological polar surface area (TPSA) is 81.7 Å². The van der Waals surface area contributed by atoms with Crippen LogP contribution in [0.3, 0.4) is 0 Å². The van der Waals surface area contributed by atoms with E-state index in [0.29, 0.717) is 25.4 Å². The molecule has 0 aliphatic carbocycles. The smallest absolute Gasteiger partial charge is 0.314 e. The zero-order valence-electron chi connectivity index (χ0n) is 13.3. The number of hydrogen-bond donors (Lipinski definition) is 3. The van der Waals surface area contributed by atoms with Gasteiger partial charge in [-0.3, -0.25) is 4.79 Å². The van der Waals surface area contributed by atoms with Crippen LogP contribution in [0.4, 0.5) is 4.79 Å². The molecule has 0 saturated carbocycles. The standard InChI is InChI=1S/C14H29N3O3/c1-11(6-7-12(18)19)8-9-15-13(20)16-10-14(2,3)17(4)5/h11H,6-10H2,1-5H3,(H,18,19)(H2,15,16,20). The molecule has 0 fully saturated rings. The van der Waals surface area contributed by atoms with Crippen LogP contribution in [0.25, 0.3) is 0 Å². The predicted molar refractivity (Wildman–Crippen MR) is 79.8 cm³/mol. The van der Waals surface area contributed by atoms with Gasteiger partial charge in [0.1, 0.15) is 0 Å². The average Bonchev–Trinajstić information content (AvgIpc) is 2.34. The van der Waals surface area contributed by atoms with Crippen LogP contribution in [0.5, 0.6) is 0 Å². The van der Waals surface area contributed by atoms with E-state index in [-0.39, 0.29) is 18.0 Å². The van der Waals surface area contributed by atoms with Gasteiger partial charge in [-0.1, -0.05) is 6.92 Å². The van der Waals surface area contributed by atoms with E-state index in [0.717, 1.165) is 6.42 Å². The number of aliphatic carboxylic acids is 1. The Bertz CT molecular complexity index is 317. The van der Waals surface area contributed by atoms with Gasteiger partial charge in [0, 0.05) is 25.0 Å². The highest BCUT2D eigenvalue weighted by molar-refractivity contribution is 5.73. The fraction of sp³-hybridized carbons (Fsp3) is 0.857. The number of carbonyl (C=O) groups excluding carboxylic acids is 1. The third-order valence-electron chi connectivity index (χ3n) is 3.67. The summed E-state index contributed by atoms with van der Waals surface area (Å²) in [5.41, 5.74) is -0.0912. The fourth-order valence-corrected chi connectivity index (χ4v) is 1.46. The summed E-state index contributed by atoms with van der Waals surface area (Å²) in [6.45, 7) is 7.25. The van der Waals surface area contributed by atoms with E-state index in [9.17, 15) is 9.59 Å². The largest absolute Gasteiger partial charge is 0.481 e. The highest BCUT2D eigenvalue weighted by Crippen LogP contribution is 2.09. The van der Waals surface area contributed by atoms with Crippen molar-refractivity contribution in [2.75, 3.05) is 27.2 Å². The molecule has 0 aliphatic heterocycles. The van der Waals surface area contributed by atoms with E-state index in [1.807, 2.05) is 21.0 Å². The maximum atomic E-state index is 11.6. The monoisotopic (exact) mass is 287 g/mol. The van der Waals surface area contributed by atoms with Gasteiger partial charge in [-0.05, 0) is 46.7 Å². The Kier molecular flexibility index (Phi) is 8.22. The number of rotatable bonds is 9. The molecule has 1 atom stereocenters. The normalized spacial score (nSPS) is 13.1. The van der Waals surface area contributed by atoms with Crippen molar-refractivity contribution in [1.82, 2.24) is 15.5 Å². The third kappa shape index (κ3) is 8.74. The Labute approximate surface area is 121 Å². The minimum absolute atomic E-state index is 0.0912. The maximum Gasteiger partial charge on any atom is 0.314 e. The summed E-state index contributed by atoms with van der Waals surface area (Å²) in [7, 11) is 3.95. The minimum Gasteiger partial charge on any atom is -0.481 e. The van der Waals surface area contributed by atoms with Crippen LogP contribution in [0.15, 0.2) is 0 Å². The van der Waals surface area contributed by atoms with Crippen molar-refractivity contribution in [1.29, 1.82) is 0 Å². The first-order chi connectivity index (χ1) is 9.15. The van der Waals surface area contributed by atoms with Gasteiger partial charge < -0.3 is 20.6 Å². The van der Waals surface area contributed by atoms with Crippen molar-refractivity contribution in [3.63, 3.8) is 0 Å². The maximum absolute atomic E-state index is 11.6. The Balaban J connectivity index is 3.76. The molecule has 0 heterocycles. The first-order valence-corrected chi connectivity index (χ1v) is 7.06. The fourth-order valence-electron chi connectivity index (χ4n) is 1.46. The van der Waals surface area contributed by atoms with Crippen LogP contribution >= 0.6 is 0 Å². The van der Waals surface area contributed by atoms with Crippen molar-refractivity contribution < 1.29 is 14.7 Å². The summed E-state index contributed by atoms with van der Waals surface area (Å²) < 4.78 is 0. The van der Waals surface area contributed by atoms with Crippen molar-refractivity contribution in [3.8, 4) is 0 Å². The summed E-state index contributed by atoms with van der Waals surface area (Å²) >= 11 is 0. The second-order valence-electron chi connectivity index (χ2n) is 6.14. The number of carboxylic acid groups (broad SMARTS) is 1. The lowest BCUT2D eigenvalue weighted by Crippen LogP contribution is -2.50. The SMILES string of the molecule is CC(CCNC(=O)NCC(C)(C)N(C)C)CCC(=O)O. The molecule has 3 N–H and O–H groups in total. The number of urea groups is 1. The van der Waals surface area contributed by atoms with Gasteiger partial charge in [-0.2, -0.15) is 0 Å². The van der Waals surface area contributed by atoms with E-state index in [4.69, 9.17) is 5.11 Å². The van der Waals surface area contributed by atoms with Crippen molar-refractivity contribution in [2.45, 2.75) is 45.6 Å². The van der Waals surface area contributed by atoms with Crippen LogP contribution in [0.2, 0.25) is 0 Å². The molecule has 0 aromatic carbocycles. The van der Waals surface area contributed by atoms with Gasteiger partial charge in [0.2, 0.25) is 0 Å². The molecular formula is C14H29N3O3. The molecule has 20 heavy (non-hydrogen) atoms. The summed E-state index contributed by atoms with van der Waals surface area (Å²) in [6.07, 6.45) is 1.62. The van der Waals surface area contributed by atoms with Crippen molar-refractivity contribution in [3.05, 3.63) is 0 Å². The van der Waals surface area contributed by atoms with E-state index >= 15 is 0 Å². The molecule has 0 aromatic rings. The number of nitrogens with zero attached hydrogens (tertiary/aromatic N) is 1. The second-order valence-corrected chi connectivity index (χ2v) is 6.14. The van der Waals surface area contributed by atoms with E-state index < -0.39 is 5.97 Å². The predicted octanol–water partition coefficient (Wildman–Crippen LogP) is 1.52. The lowest BCUT2D eigenvalue weighted by Gasteiger charge is -2.32. The molecule has 2 amide bonds. The highest BCUT2D eigenvalue weighted by Gasteiger charge is 2.20. The molecule has 0 spiro atoms. The van der Waals surface area contributed by atoms with Crippen LogP contribution in [0.1, 0.15) is 40.0 Å². The quantitative estimate of drug-likeness (QED) is 0.600. The number of hydrogen-bond acceptors (Lipinski definition) is 3. The van der Waals surface area contributed by atoms with Gasteiger partial charge in [-0.15, -0.1) is 0 Å². The zero-order chi connectivity index (χ0) is 15.8. The summed E-state index contributed by atoms with van der Waals surface area (Å²) in [6, 6.07) is -0.176. The summed E-state index contributed by atoms with van der Waals surface area (Å²) in [5, 5.41) is 14.2.